The van der Waals surface area contributed by atoms with Crippen molar-refractivity contribution in [2.75, 3.05) is 6.61 Å². The molecule has 0 aliphatic rings. The minimum absolute atomic E-state index is 0.388. The van der Waals surface area contributed by atoms with E-state index in [1.807, 2.05) is 6.08 Å². The highest BCUT2D eigenvalue weighted by Gasteiger charge is 2.22. The van der Waals surface area contributed by atoms with Crippen molar-refractivity contribution in [3.63, 3.8) is 0 Å². The Bertz CT molecular complexity index is 785. The average molecular weight is 630 g/mol. The standard InChI is InChI=1S/C40H71NO4/c1-3-5-7-9-11-13-15-17-19-21-23-25-27-29-31-33-35-39(44)40(45)41-37(36-42)38(43)34-32-30-28-26-24-22-20-18-16-14-12-10-8-6-4-2/h11,13,16-19,24,26,32,34,37-39,42-44H,3-10,12,14-15,20-23,25,27-31,33,35-36H2,1-2H3,(H,41,45)/b13-11-,18-16+,19-17-,26-24+,34-32+. The molecule has 0 rings (SSSR count). The van der Waals surface area contributed by atoms with Gasteiger partial charge in [-0.3, -0.25) is 4.79 Å². The lowest BCUT2D eigenvalue weighted by atomic mass is 10.0. The van der Waals surface area contributed by atoms with Crippen LogP contribution in [0.1, 0.15) is 162 Å². The largest absolute Gasteiger partial charge is 0.394 e. The summed E-state index contributed by atoms with van der Waals surface area (Å²) in [5.41, 5.74) is 0. The number of amides is 1. The minimum Gasteiger partial charge on any atom is -0.394 e. The van der Waals surface area contributed by atoms with Crippen LogP contribution < -0.4 is 5.32 Å². The smallest absolute Gasteiger partial charge is 0.249 e. The summed E-state index contributed by atoms with van der Waals surface area (Å²) >= 11 is 0. The van der Waals surface area contributed by atoms with E-state index in [0.29, 0.717) is 6.42 Å². The maximum Gasteiger partial charge on any atom is 0.249 e. The molecule has 1 amide bonds. The van der Waals surface area contributed by atoms with Gasteiger partial charge in [-0.2, -0.15) is 0 Å². The third kappa shape index (κ3) is 30.5. The maximum atomic E-state index is 12.4. The zero-order valence-corrected chi connectivity index (χ0v) is 29.2. The van der Waals surface area contributed by atoms with Crippen molar-refractivity contribution in [3.05, 3.63) is 60.8 Å². The highest BCUT2D eigenvalue weighted by molar-refractivity contribution is 5.80. The van der Waals surface area contributed by atoms with Crippen molar-refractivity contribution in [3.8, 4) is 0 Å². The molecule has 3 unspecified atom stereocenters. The molecule has 0 heterocycles. The van der Waals surface area contributed by atoms with Crippen LogP contribution in [0.15, 0.2) is 60.8 Å². The van der Waals surface area contributed by atoms with Gasteiger partial charge in [-0.1, -0.05) is 145 Å². The number of aliphatic hydroxyl groups excluding tert-OH is 3. The van der Waals surface area contributed by atoms with E-state index >= 15 is 0 Å². The molecule has 45 heavy (non-hydrogen) atoms. The van der Waals surface area contributed by atoms with Gasteiger partial charge in [-0.05, 0) is 77.0 Å². The molecule has 260 valence electrons. The molecule has 4 N–H and O–H groups in total. The van der Waals surface area contributed by atoms with Crippen molar-refractivity contribution in [2.45, 2.75) is 180 Å². The van der Waals surface area contributed by atoms with Crippen molar-refractivity contribution < 1.29 is 20.1 Å². The molecule has 0 aromatic carbocycles. The second-order valence-electron chi connectivity index (χ2n) is 12.4. The summed E-state index contributed by atoms with van der Waals surface area (Å²) < 4.78 is 0. The molecular weight excluding hydrogens is 558 g/mol. The molecular formula is C40H71NO4. The fourth-order valence-electron chi connectivity index (χ4n) is 5.07. The molecule has 0 aliphatic heterocycles. The van der Waals surface area contributed by atoms with Crippen LogP contribution in [0.5, 0.6) is 0 Å². The second-order valence-corrected chi connectivity index (χ2v) is 12.4. The van der Waals surface area contributed by atoms with Gasteiger partial charge in [0.05, 0.1) is 18.8 Å². The molecule has 0 radical (unpaired) electrons. The lowest BCUT2D eigenvalue weighted by Crippen LogP contribution is -2.48. The Morgan fingerprint density at radius 2 is 0.978 bits per heavy atom. The van der Waals surface area contributed by atoms with E-state index in [2.05, 4.69) is 67.8 Å². The van der Waals surface area contributed by atoms with Gasteiger partial charge in [-0.15, -0.1) is 0 Å². The summed E-state index contributed by atoms with van der Waals surface area (Å²) in [5.74, 6) is -0.530. The van der Waals surface area contributed by atoms with Crippen LogP contribution in [0.4, 0.5) is 0 Å². The van der Waals surface area contributed by atoms with Crippen LogP contribution in [0.2, 0.25) is 0 Å². The molecule has 0 saturated carbocycles. The zero-order chi connectivity index (χ0) is 33.1. The van der Waals surface area contributed by atoms with Crippen LogP contribution in [0.25, 0.3) is 0 Å². The lowest BCUT2D eigenvalue weighted by molar-refractivity contribution is -0.131. The summed E-state index contributed by atoms with van der Waals surface area (Å²) in [6.45, 7) is 4.09. The number of rotatable bonds is 32. The first-order chi connectivity index (χ1) is 22.1. The van der Waals surface area contributed by atoms with Crippen LogP contribution in [0.3, 0.4) is 0 Å². The van der Waals surface area contributed by atoms with Crippen LogP contribution >= 0.6 is 0 Å². The monoisotopic (exact) mass is 630 g/mol. The van der Waals surface area contributed by atoms with Crippen molar-refractivity contribution in [1.29, 1.82) is 0 Å². The number of hydrogen-bond acceptors (Lipinski definition) is 4. The number of aliphatic hydroxyl groups is 3. The van der Waals surface area contributed by atoms with Crippen molar-refractivity contribution in [1.82, 2.24) is 5.32 Å². The van der Waals surface area contributed by atoms with Gasteiger partial charge in [0, 0.05) is 0 Å². The number of hydrogen-bond donors (Lipinski definition) is 4. The molecule has 0 saturated heterocycles. The van der Waals surface area contributed by atoms with Gasteiger partial charge in [0.2, 0.25) is 5.91 Å². The predicted octanol–water partition coefficient (Wildman–Crippen LogP) is 9.98. The van der Waals surface area contributed by atoms with Gasteiger partial charge in [0.1, 0.15) is 6.10 Å². The van der Waals surface area contributed by atoms with Gasteiger partial charge in [-0.25, -0.2) is 0 Å². The molecule has 0 aliphatic carbocycles. The highest BCUT2D eigenvalue weighted by Crippen LogP contribution is 2.11. The van der Waals surface area contributed by atoms with Crippen LogP contribution in [-0.4, -0.2) is 46.1 Å². The molecule has 3 atom stereocenters. The first kappa shape index (κ1) is 43.0. The SMILES string of the molecule is CCCCC/C=C\C/C=C\CCCCCCCCC(O)C(=O)NC(CO)C(O)/C=C/CC/C=C/CC/C=C/CCCCCCC. The summed E-state index contributed by atoms with van der Waals surface area (Å²) in [4.78, 5) is 12.4. The van der Waals surface area contributed by atoms with E-state index in [1.54, 1.807) is 6.08 Å². The van der Waals surface area contributed by atoms with E-state index in [4.69, 9.17) is 0 Å². The normalized spacial score (nSPS) is 14.5. The Morgan fingerprint density at radius 1 is 0.556 bits per heavy atom. The number of carbonyl (C=O) groups is 1. The number of carbonyl (C=O) groups excluding carboxylic acids is 1. The Labute approximate surface area is 278 Å². The Kier molecular flexibility index (Phi) is 33.4. The van der Waals surface area contributed by atoms with E-state index in [9.17, 15) is 20.1 Å². The summed E-state index contributed by atoms with van der Waals surface area (Å²) in [6.07, 6.45) is 45.1. The first-order valence-corrected chi connectivity index (χ1v) is 18.6. The molecule has 0 fully saturated rings. The van der Waals surface area contributed by atoms with Crippen LogP contribution in [0, 0.1) is 0 Å². The molecule has 5 nitrogen and oxygen atoms in total. The molecule has 0 bridgehead atoms. The van der Waals surface area contributed by atoms with Crippen LogP contribution in [-0.2, 0) is 4.79 Å². The fraction of sp³-hybridized carbons (Fsp3) is 0.725. The Morgan fingerprint density at radius 3 is 1.53 bits per heavy atom. The van der Waals surface area contributed by atoms with Gasteiger partial charge in [0.25, 0.3) is 0 Å². The summed E-state index contributed by atoms with van der Waals surface area (Å²) in [5, 5.41) is 32.9. The van der Waals surface area contributed by atoms with E-state index in [1.165, 1.54) is 83.5 Å². The first-order valence-electron chi connectivity index (χ1n) is 18.6. The van der Waals surface area contributed by atoms with E-state index in [-0.39, 0.29) is 6.61 Å². The zero-order valence-electron chi connectivity index (χ0n) is 29.2. The van der Waals surface area contributed by atoms with Gasteiger partial charge < -0.3 is 20.6 Å². The third-order valence-electron chi connectivity index (χ3n) is 8.06. The van der Waals surface area contributed by atoms with Gasteiger partial charge in [0.15, 0.2) is 0 Å². The maximum absolute atomic E-state index is 12.4. The Balaban J connectivity index is 3.87. The summed E-state index contributed by atoms with van der Waals surface area (Å²) in [6, 6.07) is -0.826. The molecule has 0 aromatic heterocycles. The number of unbranched alkanes of at least 4 members (excludes halogenated alkanes) is 16. The van der Waals surface area contributed by atoms with Crippen molar-refractivity contribution >= 4 is 5.91 Å². The number of nitrogens with one attached hydrogen (secondary N) is 1. The highest BCUT2D eigenvalue weighted by atomic mass is 16.3. The lowest BCUT2D eigenvalue weighted by Gasteiger charge is -2.21. The van der Waals surface area contributed by atoms with E-state index < -0.39 is 24.2 Å². The second kappa shape index (κ2) is 34.9. The van der Waals surface area contributed by atoms with Crippen molar-refractivity contribution in [2.24, 2.45) is 0 Å². The van der Waals surface area contributed by atoms with E-state index in [0.717, 1.165) is 57.8 Å². The van der Waals surface area contributed by atoms with Gasteiger partial charge >= 0.3 is 0 Å². The topological polar surface area (TPSA) is 89.8 Å². The Hall–Kier alpha value is -1.95. The third-order valence-corrected chi connectivity index (χ3v) is 8.06. The molecule has 0 aromatic rings. The molecule has 0 spiro atoms. The number of allylic oxidation sites excluding steroid dienone is 9. The fourth-order valence-corrected chi connectivity index (χ4v) is 5.07. The predicted molar refractivity (Wildman–Crippen MR) is 194 cm³/mol. The summed E-state index contributed by atoms with van der Waals surface area (Å²) in [7, 11) is 0. The average Bonchev–Trinajstić information content (AvgIpc) is 3.04. The molecule has 5 heteroatoms. The quantitative estimate of drug-likeness (QED) is 0.0440. The minimum atomic E-state index is -1.12.